The monoisotopic (exact) mass is 323 g/mol. The van der Waals surface area contributed by atoms with E-state index in [1.807, 2.05) is 0 Å². The number of halogens is 4. The first-order valence-electron chi connectivity index (χ1n) is 6.25. The van der Waals surface area contributed by atoms with E-state index in [4.69, 9.17) is 17.3 Å². The van der Waals surface area contributed by atoms with Crippen LogP contribution in [0.2, 0.25) is 5.02 Å². The second-order valence-corrected chi connectivity index (χ2v) is 5.09. The number of alkyl halides is 3. The molecule has 0 radical (unpaired) electrons. The number of likely N-dealkylation sites (N-methyl/N-ethyl adjacent to an activating group) is 1. The highest BCUT2D eigenvalue weighted by atomic mass is 35.5. The highest BCUT2D eigenvalue weighted by molar-refractivity contribution is 6.30. The van der Waals surface area contributed by atoms with Gasteiger partial charge in [-0.1, -0.05) is 23.7 Å². The van der Waals surface area contributed by atoms with E-state index in [1.165, 1.54) is 4.90 Å². The van der Waals surface area contributed by atoms with Gasteiger partial charge in [-0.3, -0.25) is 4.90 Å². The third-order valence-corrected chi connectivity index (χ3v) is 3.26. The van der Waals surface area contributed by atoms with Crippen LogP contribution in [0.15, 0.2) is 24.3 Å². The molecule has 0 saturated heterocycles. The molecule has 2 amide bonds. The number of hydrogen-bond donors (Lipinski definition) is 2. The smallest absolute Gasteiger partial charge is 0.352 e. The molecule has 0 spiro atoms. The number of benzene rings is 1. The summed E-state index contributed by atoms with van der Waals surface area (Å²) in [5.74, 6) is 0. The topological polar surface area (TPSA) is 58.4 Å². The third-order valence-electron chi connectivity index (χ3n) is 3.00. The van der Waals surface area contributed by atoms with Crippen molar-refractivity contribution < 1.29 is 18.0 Å². The highest BCUT2D eigenvalue weighted by Gasteiger charge is 2.29. The molecule has 0 saturated carbocycles. The SMILES string of the molecule is CN(CCC(F)(F)F)C(CNC(N)=O)c1ccc(Cl)cc1. The summed E-state index contributed by atoms with van der Waals surface area (Å²) in [6.07, 6.45) is -5.15. The molecule has 1 aromatic rings. The molecule has 1 unspecified atom stereocenters. The van der Waals surface area contributed by atoms with Crippen molar-refractivity contribution in [2.45, 2.75) is 18.6 Å². The Morgan fingerprint density at radius 3 is 2.43 bits per heavy atom. The van der Waals surface area contributed by atoms with E-state index in [-0.39, 0.29) is 13.1 Å². The Bertz CT molecular complexity index is 465. The first-order chi connectivity index (χ1) is 9.69. The number of nitrogens with zero attached hydrogens (tertiary/aromatic N) is 1. The van der Waals surface area contributed by atoms with Crippen LogP contribution in [-0.2, 0) is 0 Å². The van der Waals surface area contributed by atoms with Crippen LogP contribution >= 0.6 is 11.6 Å². The lowest BCUT2D eigenvalue weighted by molar-refractivity contribution is -0.138. The summed E-state index contributed by atoms with van der Waals surface area (Å²) >= 11 is 5.79. The van der Waals surface area contributed by atoms with Gasteiger partial charge in [-0.15, -0.1) is 0 Å². The lowest BCUT2D eigenvalue weighted by atomic mass is 10.1. The van der Waals surface area contributed by atoms with E-state index >= 15 is 0 Å². The van der Waals surface area contributed by atoms with Crippen LogP contribution in [0, 0.1) is 0 Å². The number of hydrogen-bond acceptors (Lipinski definition) is 2. The summed E-state index contributed by atoms with van der Waals surface area (Å²) in [4.78, 5) is 12.3. The van der Waals surface area contributed by atoms with E-state index in [0.717, 1.165) is 5.56 Å². The lowest BCUT2D eigenvalue weighted by Crippen LogP contribution is -2.39. The average Bonchev–Trinajstić information content (AvgIpc) is 2.37. The molecule has 4 nitrogen and oxygen atoms in total. The molecular weight excluding hydrogens is 307 g/mol. The van der Waals surface area contributed by atoms with Gasteiger partial charge in [0.2, 0.25) is 0 Å². The number of carbonyl (C=O) groups excluding carboxylic acids is 1. The third kappa shape index (κ3) is 6.68. The van der Waals surface area contributed by atoms with Crippen LogP contribution in [0.25, 0.3) is 0 Å². The second-order valence-electron chi connectivity index (χ2n) is 4.66. The highest BCUT2D eigenvalue weighted by Crippen LogP contribution is 2.24. The second kappa shape index (κ2) is 7.51. The first-order valence-corrected chi connectivity index (χ1v) is 6.62. The predicted octanol–water partition coefficient (Wildman–Crippen LogP) is 2.93. The van der Waals surface area contributed by atoms with Gasteiger partial charge < -0.3 is 11.1 Å². The van der Waals surface area contributed by atoms with Crippen LogP contribution in [0.4, 0.5) is 18.0 Å². The van der Waals surface area contributed by atoms with Crippen molar-refractivity contribution in [3.05, 3.63) is 34.9 Å². The number of urea groups is 1. The van der Waals surface area contributed by atoms with E-state index in [0.29, 0.717) is 5.02 Å². The fraction of sp³-hybridized carbons (Fsp3) is 0.462. The maximum Gasteiger partial charge on any atom is 0.390 e. The zero-order valence-electron chi connectivity index (χ0n) is 11.5. The number of nitrogens with two attached hydrogens (primary N) is 1. The van der Waals surface area contributed by atoms with E-state index < -0.39 is 24.7 Å². The molecule has 8 heteroatoms. The first kappa shape index (κ1) is 17.6. The Morgan fingerprint density at radius 1 is 1.38 bits per heavy atom. The molecule has 0 aliphatic carbocycles. The Hall–Kier alpha value is -1.47. The standard InChI is InChI=1S/C13H17ClF3N3O/c1-20(7-6-13(15,16)17)11(8-19-12(18)21)9-2-4-10(14)5-3-9/h2-5,11H,6-8H2,1H3,(H3,18,19,21). The molecule has 118 valence electrons. The molecule has 0 aliphatic rings. The maximum absolute atomic E-state index is 12.3. The number of nitrogens with one attached hydrogen (secondary N) is 1. The van der Waals surface area contributed by atoms with Crippen LogP contribution < -0.4 is 11.1 Å². The van der Waals surface area contributed by atoms with Crippen molar-refractivity contribution in [2.75, 3.05) is 20.1 Å². The van der Waals surface area contributed by atoms with Crippen molar-refractivity contribution in [3.63, 3.8) is 0 Å². The van der Waals surface area contributed by atoms with Crippen molar-refractivity contribution in [3.8, 4) is 0 Å². The predicted molar refractivity (Wildman–Crippen MR) is 75.1 cm³/mol. The Labute approximate surface area is 126 Å². The molecule has 0 fully saturated rings. The summed E-state index contributed by atoms with van der Waals surface area (Å²) in [6, 6.07) is 5.56. The van der Waals surface area contributed by atoms with Crippen molar-refractivity contribution in [1.82, 2.24) is 10.2 Å². The van der Waals surface area contributed by atoms with E-state index in [9.17, 15) is 18.0 Å². The van der Waals surface area contributed by atoms with Crippen molar-refractivity contribution >= 4 is 17.6 Å². The minimum Gasteiger partial charge on any atom is -0.352 e. The minimum absolute atomic E-state index is 0.116. The number of primary amides is 1. The van der Waals surface area contributed by atoms with Crippen LogP contribution in [0.5, 0.6) is 0 Å². The van der Waals surface area contributed by atoms with Gasteiger partial charge in [0.15, 0.2) is 0 Å². The quantitative estimate of drug-likeness (QED) is 0.845. The molecule has 1 rings (SSSR count). The van der Waals surface area contributed by atoms with Gasteiger partial charge >= 0.3 is 12.2 Å². The van der Waals surface area contributed by atoms with Gasteiger partial charge in [0.25, 0.3) is 0 Å². The van der Waals surface area contributed by atoms with Gasteiger partial charge in [-0.05, 0) is 24.7 Å². The number of carbonyl (C=O) groups is 1. The largest absolute Gasteiger partial charge is 0.390 e. The Balaban J connectivity index is 2.80. The van der Waals surface area contributed by atoms with Crippen LogP contribution in [0.1, 0.15) is 18.0 Å². The summed E-state index contributed by atoms with van der Waals surface area (Å²) in [5, 5.41) is 2.95. The van der Waals surface area contributed by atoms with Gasteiger partial charge in [-0.25, -0.2) is 4.79 Å². The maximum atomic E-state index is 12.3. The summed E-state index contributed by atoms with van der Waals surface area (Å²) < 4.78 is 36.9. The molecule has 0 bridgehead atoms. The summed E-state index contributed by atoms with van der Waals surface area (Å²) in [5.41, 5.74) is 5.76. The Kier molecular flexibility index (Phi) is 6.29. The van der Waals surface area contributed by atoms with Gasteiger partial charge in [0, 0.05) is 18.1 Å². The molecular formula is C13H17ClF3N3O. The number of rotatable bonds is 6. The fourth-order valence-corrected chi connectivity index (χ4v) is 2.00. The van der Waals surface area contributed by atoms with Crippen LogP contribution in [-0.4, -0.2) is 37.2 Å². The van der Waals surface area contributed by atoms with Crippen LogP contribution in [0.3, 0.4) is 0 Å². The average molecular weight is 324 g/mol. The summed E-state index contributed by atoms with van der Waals surface area (Å²) in [7, 11) is 1.56. The van der Waals surface area contributed by atoms with Gasteiger partial charge in [0.1, 0.15) is 0 Å². The molecule has 0 aromatic heterocycles. The fourth-order valence-electron chi connectivity index (χ4n) is 1.87. The van der Waals surface area contributed by atoms with Crippen molar-refractivity contribution in [1.29, 1.82) is 0 Å². The van der Waals surface area contributed by atoms with Crippen molar-refractivity contribution in [2.24, 2.45) is 5.73 Å². The normalized spacial score (nSPS) is 13.2. The molecule has 21 heavy (non-hydrogen) atoms. The zero-order valence-corrected chi connectivity index (χ0v) is 12.2. The van der Waals surface area contributed by atoms with Gasteiger partial charge in [0.05, 0.1) is 12.5 Å². The molecule has 0 aliphatic heterocycles. The minimum atomic E-state index is -4.23. The van der Waals surface area contributed by atoms with E-state index in [1.54, 1.807) is 31.3 Å². The van der Waals surface area contributed by atoms with Gasteiger partial charge in [-0.2, -0.15) is 13.2 Å². The zero-order chi connectivity index (χ0) is 16.0. The Morgan fingerprint density at radius 2 is 1.95 bits per heavy atom. The molecule has 1 atom stereocenters. The summed E-state index contributed by atoms with van der Waals surface area (Å²) in [6.45, 7) is -0.0669. The lowest BCUT2D eigenvalue weighted by Gasteiger charge is -2.29. The molecule has 1 aromatic carbocycles. The molecule has 0 heterocycles. The molecule has 3 N–H and O–H groups in total. The number of amides is 2. The van der Waals surface area contributed by atoms with E-state index in [2.05, 4.69) is 5.32 Å².